The van der Waals surface area contributed by atoms with Crippen molar-refractivity contribution in [3.63, 3.8) is 0 Å². The van der Waals surface area contributed by atoms with Gasteiger partial charge in [-0.3, -0.25) is 0 Å². The summed E-state index contributed by atoms with van der Waals surface area (Å²) in [6.45, 7) is 4.18. The van der Waals surface area contributed by atoms with E-state index in [1.165, 1.54) is 56.6 Å². The van der Waals surface area contributed by atoms with Crippen LogP contribution in [-0.2, 0) is 6.42 Å². The highest BCUT2D eigenvalue weighted by atomic mass is 19.2. The molecule has 0 spiro atoms. The molecule has 0 radical (unpaired) electrons. The summed E-state index contributed by atoms with van der Waals surface area (Å²) in [4.78, 5) is 0. The van der Waals surface area contributed by atoms with E-state index in [9.17, 15) is 8.78 Å². The third-order valence-electron chi connectivity index (χ3n) is 7.47. The summed E-state index contributed by atoms with van der Waals surface area (Å²) >= 11 is 0. The van der Waals surface area contributed by atoms with E-state index in [4.69, 9.17) is 0 Å². The molecule has 1 saturated carbocycles. The predicted molar refractivity (Wildman–Crippen MR) is 135 cm³/mol. The number of hydrogen-bond donors (Lipinski definition) is 0. The molecule has 0 nitrogen and oxygen atoms in total. The van der Waals surface area contributed by atoms with Gasteiger partial charge < -0.3 is 0 Å². The number of aryl methyl sites for hydroxylation is 1. The second-order valence-electron chi connectivity index (χ2n) is 9.83. The lowest BCUT2D eigenvalue weighted by Crippen LogP contribution is -2.13. The maximum absolute atomic E-state index is 15.0. The first-order chi connectivity index (χ1) is 16.5. The summed E-state index contributed by atoms with van der Waals surface area (Å²) in [5.74, 6) is -0.707. The molecule has 0 saturated heterocycles. The number of halogens is 3. The van der Waals surface area contributed by atoms with E-state index in [0.29, 0.717) is 29.0 Å². The smallest absolute Gasteiger partial charge is 0.166 e. The van der Waals surface area contributed by atoms with Crippen LogP contribution in [0.5, 0.6) is 0 Å². The lowest BCUT2D eigenvalue weighted by atomic mass is 9.77. The van der Waals surface area contributed by atoms with Crippen molar-refractivity contribution in [3.05, 3.63) is 83.2 Å². The minimum Gasteiger partial charge on any atom is -0.206 e. The molecule has 1 aliphatic carbocycles. The Kier molecular flexibility index (Phi) is 8.13. The molecule has 0 aromatic heterocycles. The molecule has 1 fully saturated rings. The normalized spacial score (nSPS) is 18.3. The average molecular weight is 465 g/mol. The fourth-order valence-corrected chi connectivity index (χ4v) is 5.40. The molecule has 3 aromatic carbocycles. The van der Waals surface area contributed by atoms with E-state index in [1.807, 2.05) is 19.1 Å². The molecular weight excluding hydrogens is 429 g/mol. The van der Waals surface area contributed by atoms with Gasteiger partial charge in [-0.05, 0) is 72.3 Å². The van der Waals surface area contributed by atoms with Crippen LogP contribution in [0.2, 0.25) is 0 Å². The summed E-state index contributed by atoms with van der Waals surface area (Å²) in [6.07, 6.45) is 10.3. The van der Waals surface area contributed by atoms with Gasteiger partial charge in [-0.2, -0.15) is 0 Å². The zero-order chi connectivity index (χ0) is 24.1. The standard InChI is InChI=1S/C31H35F3/c1-3-5-7-21-8-10-22(11-9-21)23-12-14-24(15-13-23)27-18-17-26(20-29(27)32)28-19-16-25(6-4-2)30(33)31(28)34/h12-22H,3-11H2,1-2H3. The third kappa shape index (κ3) is 5.40. The van der Waals surface area contributed by atoms with Crippen molar-refractivity contribution in [3.8, 4) is 22.3 Å². The molecule has 0 unspecified atom stereocenters. The van der Waals surface area contributed by atoms with Crippen molar-refractivity contribution in [2.75, 3.05) is 0 Å². The Balaban J connectivity index is 1.48. The van der Waals surface area contributed by atoms with Crippen LogP contribution >= 0.6 is 0 Å². The van der Waals surface area contributed by atoms with Gasteiger partial charge in [-0.15, -0.1) is 0 Å². The van der Waals surface area contributed by atoms with Crippen LogP contribution in [0.25, 0.3) is 22.3 Å². The number of rotatable bonds is 8. The maximum atomic E-state index is 15.0. The van der Waals surface area contributed by atoms with Gasteiger partial charge in [-0.25, -0.2) is 13.2 Å². The topological polar surface area (TPSA) is 0 Å². The van der Waals surface area contributed by atoms with E-state index in [0.717, 1.165) is 17.9 Å². The van der Waals surface area contributed by atoms with Gasteiger partial charge in [0, 0.05) is 11.1 Å². The van der Waals surface area contributed by atoms with E-state index in [-0.39, 0.29) is 5.56 Å². The Morgan fingerprint density at radius 3 is 2.03 bits per heavy atom. The van der Waals surface area contributed by atoms with Gasteiger partial charge in [0.25, 0.3) is 0 Å². The molecule has 3 aromatic rings. The van der Waals surface area contributed by atoms with Gasteiger partial charge in [0.1, 0.15) is 5.82 Å². The first-order valence-electron chi connectivity index (χ1n) is 12.9. The lowest BCUT2D eigenvalue weighted by Gasteiger charge is -2.29. The van der Waals surface area contributed by atoms with Gasteiger partial charge >= 0.3 is 0 Å². The fourth-order valence-electron chi connectivity index (χ4n) is 5.40. The lowest BCUT2D eigenvalue weighted by molar-refractivity contribution is 0.304. The molecule has 3 heteroatoms. The zero-order valence-corrected chi connectivity index (χ0v) is 20.3. The Morgan fingerprint density at radius 2 is 1.38 bits per heavy atom. The van der Waals surface area contributed by atoms with Gasteiger partial charge in [-0.1, -0.05) is 88.1 Å². The Hall–Kier alpha value is -2.55. The Bertz CT molecular complexity index is 1090. The molecular formula is C31H35F3. The van der Waals surface area contributed by atoms with Crippen molar-refractivity contribution >= 4 is 0 Å². The van der Waals surface area contributed by atoms with E-state index in [1.54, 1.807) is 24.3 Å². The molecule has 34 heavy (non-hydrogen) atoms. The number of unbranched alkanes of at least 4 members (excludes halogenated alkanes) is 1. The highest BCUT2D eigenvalue weighted by molar-refractivity contribution is 5.71. The Labute approximate surface area is 202 Å². The summed E-state index contributed by atoms with van der Waals surface area (Å²) in [7, 11) is 0. The van der Waals surface area contributed by atoms with E-state index >= 15 is 4.39 Å². The van der Waals surface area contributed by atoms with E-state index in [2.05, 4.69) is 19.1 Å². The van der Waals surface area contributed by atoms with Crippen molar-refractivity contribution in [1.29, 1.82) is 0 Å². The molecule has 0 heterocycles. The van der Waals surface area contributed by atoms with Crippen LogP contribution < -0.4 is 0 Å². The molecule has 1 aliphatic rings. The summed E-state index contributed by atoms with van der Waals surface area (Å²) in [6, 6.07) is 16.0. The fraction of sp³-hybridized carbons (Fsp3) is 0.419. The van der Waals surface area contributed by atoms with Gasteiger partial charge in [0.15, 0.2) is 11.6 Å². The molecule has 0 N–H and O–H groups in total. The predicted octanol–water partition coefficient (Wildman–Crippen LogP) is 9.85. The molecule has 0 atom stereocenters. The zero-order valence-electron chi connectivity index (χ0n) is 20.3. The Morgan fingerprint density at radius 1 is 0.706 bits per heavy atom. The van der Waals surface area contributed by atoms with E-state index < -0.39 is 17.5 Å². The molecule has 0 amide bonds. The van der Waals surface area contributed by atoms with Crippen molar-refractivity contribution < 1.29 is 13.2 Å². The van der Waals surface area contributed by atoms with Crippen LogP contribution in [0.4, 0.5) is 13.2 Å². The second-order valence-corrected chi connectivity index (χ2v) is 9.83. The molecule has 180 valence electrons. The van der Waals surface area contributed by atoms with Crippen molar-refractivity contribution in [2.45, 2.75) is 77.6 Å². The molecule has 0 bridgehead atoms. The first-order valence-corrected chi connectivity index (χ1v) is 12.9. The first kappa shape index (κ1) is 24.6. The summed E-state index contributed by atoms with van der Waals surface area (Å²) in [5.41, 5.74) is 3.40. The molecule has 4 rings (SSSR count). The highest BCUT2D eigenvalue weighted by Gasteiger charge is 2.22. The summed E-state index contributed by atoms with van der Waals surface area (Å²) in [5, 5.41) is 0. The highest BCUT2D eigenvalue weighted by Crippen LogP contribution is 2.38. The van der Waals surface area contributed by atoms with Crippen molar-refractivity contribution in [1.82, 2.24) is 0 Å². The quantitative estimate of drug-likeness (QED) is 0.311. The van der Waals surface area contributed by atoms with Crippen LogP contribution in [0.1, 0.15) is 82.3 Å². The monoisotopic (exact) mass is 464 g/mol. The minimum absolute atomic E-state index is 0.0905. The van der Waals surface area contributed by atoms with Crippen LogP contribution in [-0.4, -0.2) is 0 Å². The summed E-state index contributed by atoms with van der Waals surface area (Å²) < 4.78 is 44.1. The van der Waals surface area contributed by atoms with Crippen LogP contribution in [0, 0.1) is 23.4 Å². The SMILES string of the molecule is CCCCC1CCC(c2ccc(-c3ccc(-c4ccc(CCC)c(F)c4F)cc3F)cc2)CC1. The van der Waals surface area contributed by atoms with Gasteiger partial charge in [0.2, 0.25) is 0 Å². The van der Waals surface area contributed by atoms with Crippen molar-refractivity contribution in [2.24, 2.45) is 5.92 Å². The number of benzene rings is 3. The minimum atomic E-state index is -0.910. The average Bonchev–Trinajstić information content (AvgIpc) is 2.86. The second kappa shape index (κ2) is 11.3. The van der Waals surface area contributed by atoms with Crippen LogP contribution in [0.3, 0.4) is 0 Å². The maximum Gasteiger partial charge on any atom is 0.166 e. The third-order valence-corrected chi connectivity index (χ3v) is 7.47. The number of hydrogen-bond acceptors (Lipinski definition) is 0. The van der Waals surface area contributed by atoms with Gasteiger partial charge in [0.05, 0.1) is 0 Å². The largest absolute Gasteiger partial charge is 0.206 e. The molecule has 0 aliphatic heterocycles. The van der Waals surface area contributed by atoms with Crippen LogP contribution in [0.15, 0.2) is 54.6 Å².